The number of hydrogen-bond donors (Lipinski definition) is 1. The third kappa shape index (κ3) is 4.19. The first-order valence-electron chi connectivity index (χ1n) is 7.33. The molecule has 2 heterocycles. The van der Waals surface area contributed by atoms with E-state index < -0.39 is 6.36 Å². The summed E-state index contributed by atoms with van der Waals surface area (Å²) in [5.41, 5.74) is 1.88. The van der Waals surface area contributed by atoms with Crippen molar-refractivity contribution >= 4 is 17.4 Å². The molecular weight excluding hydrogens is 341 g/mol. The van der Waals surface area contributed by atoms with E-state index in [1.165, 1.54) is 34.7 Å². The number of nitrogens with one attached hydrogen (secondary N) is 1. The summed E-state index contributed by atoms with van der Waals surface area (Å²) < 4.78 is 40.1. The molecule has 0 bridgehead atoms. The van der Waals surface area contributed by atoms with Crippen LogP contribution in [0.3, 0.4) is 0 Å². The minimum Gasteiger partial charge on any atom is -0.406 e. The van der Waals surface area contributed by atoms with E-state index in [2.05, 4.69) is 10.1 Å². The molecule has 4 nitrogen and oxygen atoms in total. The maximum absolute atomic E-state index is 12.2. The van der Waals surface area contributed by atoms with Gasteiger partial charge >= 0.3 is 12.4 Å². The van der Waals surface area contributed by atoms with Crippen molar-refractivity contribution < 1.29 is 22.7 Å². The van der Waals surface area contributed by atoms with E-state index in [4.69, 9.17) is 0 Å². The molecule has 2 amide bonds. The number of hydrogen-bond acceptors (Lipinski definition) is 3. The van der Waals surface area contributed by atoms with Crippen LogP contribution in [-0.4, -0.2) is 23.8 Å². The summed E-state index contributed by atoms with van der Waals surface area (Å²) in [7, 11) is 0. The van der Waals surface area contributed by atoms with Crippen LogP contribution in [0.4, 0.5) is 18.0 Å². The number of rotatable bonds is 3. The van der Waals surface area contributed by atoms with Crippen molar-refractivity contribution in [2.24, 2.45) is 0 Å². The van der Waals surface area contributed by atoms with Crippen LogP contribution in [0.25, 0.3) is 0 Å². The van der Waals surface area contributed by atoms with Gasteiger partial charge in [-0.25, -0.2) is 4.79 Å². The largest absolute Gasteiger partial charge is 0.573 e. The molecule has 1 aliphatic heterocycles. The number of fused-ring (bicyclic) bond motifs is 1. The number of carbonyl (C=O) groups is 1. The lowest BCUT2D eigenvalue weighted by Crippen LogP contribution is -2.42. The van der Waals surface area contributed by atoms with Crippen molar-refractivity contribution in [3.63, 3.8) is 0 Å². The molecule has 1 aromatic heterocycles. The Balaban J connectivity index is 1.51. The number of carbonyl (C=O) groups excluding carboxylic acids is 1. The van der Waals surface area contributed by atoms with Crippen molar-refractivity contribution in [1.29, 1.82) is 0 Å². The molecule has 1 aromatic carbocycles. The Morgan fingerprint density at radius 2 is 2.00 bits per heavy atom. The summed E-state index contributed by atoms with van der Waals surface area (Å²) in [4.78, 5) is 15.3. The van der Waals surface area contributed by atoms with Crippen LogP contribution >= 0.6 is 11.3 Å². The zero-order valence-electron chi connectivity index (χ0n) is 12.6. The molecule has 0 atom stereocenters. The standard InChI is InChI=1S/C16H15F3N2O2S/c17-16(18,19)23-13-3-1-11(2-4-13)9-20-15(22)21-7-5-14-12(10-21)6-8-24-14/h1-4,6,8H,5,7,9-10H2,(H,20,22). The molecule has 0 saturated carbocycles. The molecule has 2 aromatic rings. The number of nitrogens with zero attached hydrogens (tertiary/aromatic N) is 1. The molecule has 1 aliphatic rings. The van der Waals surface area contributed by atoms with Crippen molar-refractivity contribution in [3.05, 3.63) is 51.7 Å². The van der Waals surface area contributed by atoms with E-state index in [1.54, 1.807) is 16.2 Å². The highest BCUT2D eigenvalue weighted by Crippen LogP contribution is 2.24. The van der Waals surface area contributed by atoms with E-state index in [1.807, 2.05) is 11.4 Å². The van der Waals surface area contributed by atoms with E-state index in [0.717, 1.165) is 6.42 Å². The second kappa shape index (κ2) is 6.72. The van der Waals surface area contributed by atoms with Gasteiger partial charge in [0.2, 0.25) is 0 Å². The number of urea groups is 1. The maximum atomic E-state index is 12.2. The summed E-state index contributed by atoms with van der Waals surface area (Å²) in [5.74, 6) is -0.279. The average molecular weight is 356 g/mol. The van der Waals surface area contributed by atoms with Crippen LogP contribution in [0.2, 0.25) is 0 Å². The van der Waals surface area contributed by atoms with Gasteiger partial charge in [0.15, 0.2) is 0 Å². The molecule has 0 radical (unpaired) electrons. The normalized spacial score (nSPS) is 14.2. The minimum atomic E-state index is -4.70. The van der Waals surface area contributed by atoms with E-state index in [0.29, 0.717) is 18.7 Å². The number of alkyl halides is 3. The Morgan fingerprint density at radius 1 is 1.25 bits per heavy atom. The smallest absolute Gasteiger partial charge is 0.406 e. The minimum absolute atomic E-state index is 0.178. The quantitative estimate of drug-likeness (QED) is 0.906. The topological polar surface area (TPSA) is 41.6 Å². The van der Waals surface area contributed by atoms with Gasteiger partial charge in [0.05, 0.1) is 0 Å². The molecule has 128 valence electrons. The number of halogens is 3. The molecule has 1 N–H and O–H groups in total. The fraction of sp³-hybridized carbons (Fsp3) is 0.312. The first kappa shape index (κ1) is 16.6. The Kier molecular flexibility index (Phi) is 4.66. The van der Waals surface area contributed by atoms with Crippen molar-refractivity contribution in [2.45, 2.75) is 25.9 Å². The van der Waals surface area contributed by atoms with Gasteiger partial charge < -0.3 is 15.0 Å². The van der Waals surface area contributed by atoms with Gasteiger partial charge in [0, 0.05) is 24.5 Å². The van der Waals surface area contributed by atoms with Crippen LogP contribution in [-0.2, 0) is 19.5 Å². The second-order valence-corrected chi connectivity index (χ2v) is 6.39. The van der Waals surface area contributed by atoms with Gasteiger partial charge in [-0.15, -0.1) is 24.5 Å². The number of thiophene rings is 1. The fourth-order valence-electron chi connectivity index (χ4n) is 2.52. The summed E-state index contributed by atoms with van der Waals surface area (Å²) in [6, 6.07) is 7.30. The fourth-order valence-corrected chi connectivity index (χ4v) is 3.41. The molecule has 24 heavy (non-hydrogen) atoms. The Morgan fingerprint density at radius 3 is 2.71 bits per heavy atom. The van der Waals surface area contributed by atoms with Gasteiger partial charge in [-0.3, -0.25) is 0 Å². The van der Waals surface area contributed by atoms with E-state index in [-0.39, 0.29) is 18.3 Å². The zero-order chi connectivity index (χ0) is 17.2. The van der Waals surface area contributed by atoms with Crippen molar-refractivity contribution in [1.82, 2.24) is 10.2 Å². The highest BCUT2D eigenvalue weighted by Gasteiger charge is 2.31. The summed E-state index contributed by atoms with van der Waals surface area (Å²) in [5, 5.41) is 4.81. The molecule has 0 aliphatic carbocycles. The van der Waals surface area contributed by atoms with Crippen LogP contribution < -0.4 is 10.1 Å². The summed E-state index contributed by atoms with van der Waals surface area (Å²) >= 11 is 1.70. The number of benzene rings is 1. The van der Waals surface area contributed by atoms with Crippen LogP contribution in [0.1, 0.15) is 16.0 Å². The molecule has 0 saturated heterocycles. The lowest BCUT2D eigenvalue weighted by atomic mass is 10.1. The molecule has 8 heteroatoms. The molecular formula is C16H15F3N2O2S. The van der Waals surface area contributed by atoms with Gasteiger partial charge in [0.1, 0.15) is 5.75 Å². The third-order valence-electron chi connectivity index (χ3n) is 3.70. The second-order valence-electron chi connectivity index (χ2n) is 5.39. The first-order chi connectivity index (χ1) is 11.4. The predicted molar refractivity (Wildman–Crippen MR) is 83.8 cm³/mol. The SMILES string of the molecule is O=C(NCc1ccc(OC(F)(F)F)cc1)N1CCc2sccc2C1. The van der Waals surface area contributed by atoms with Crippen LogP contribution in [0.15, 0.2) is 35.7 Å². The molecule has 0 spiro atoms. The van der Waals surface area contributed by atoms with Crippen molar-refractivity contribution in [3.8, 4) is 5.75 Å². The third-order valence-corrected chi connectivity index (χ3v) is 4.72. The molecule has 3 rings (SSSR count). The van der Waals surface area contributed by atoms with Crippen molar-refractivity contribution in [2.75, 3.05) is 6.54 Å². The Hall–Kier alpha value is -2.22. The number of ether oxygens (including phenoxy) is 1. The highest BCUT2D eigenvalue weighted by atomic mass is 32.1. The Bertz CT molecular complexity index is 713. The number of amides is 2. The monoisotopic (exact) mass is 356 g/mol. The lowest BCUT2D eigenvalue weighted by molar-refractivity contribution is -0.274. The van der Waals surface area contributed by atoms with Gasteiger partial charge in [0.25, 0.3) is 0 Å². The van der Waals surface area contributed by atoms with Gasteiger partial charge in [-0.05, 0) is 41.1 Å². The van der Waals surface area contributed by atoms with E-state index in [9.17, 15) is 18.0 Å². The summed E-state index contributed by atoms with van der Waals surface area (Å²) in [6.07, 6.45) is -3.85. The molecule has 0 fully saturated rings. The Labute approximate surface area is 140 Å². The van der Waals surface area contributed by atoms with Crippen LogP contribution in [0.5, 0.6) is 5.75 Å². The van der Waals surface area contributed by atoms with E-state index >= 15 is 0 Å². The summed E-state index contributed by atoms with van der Waals surface area (Å²) in [6.45, 7) is 1.50. The van der Waals surface area contributed by atoms with Crippen LogP contribution in [0, 0.1) is 0 Å². The van der Waals surface area contributed by atoms with Gasteiger partial charge in [-0.2, -0.15) is 0 Å². The molecule has 0 unspecified atom stereocenters. The van der Waals surface area contributed by atoms with Gasteiger partial charge in [-0.1, -0.05) is 12.1 Å². The highest BCUT2D eigenvalue weighted by molar-refractivity contribution is 7.10. The average Bonchev–Trinajstić information content (AvgIpc) is 3.00. The zero-order valence-corrected chi connectivity index (χ0v) is 13.4. The predicted octanol–water partition coefficient (Wildman–Crippen LogP) is 3.91. The first-order valence-corrected chi connectivity index (χ1v) is 8.21. The lowest BCUT2D eigenvalue weighted by Gasteiger charge is -2.27. The maximum Gasteiger partial charge on any atom is 0.573 e.